The second-order valence-electron chi connectivity index (χ2n) is 5.73. The summed E-state index contributed by atoms with van der Waals surface area (Å²) in [5.74, 6) is -4.12. The summed E-state index contributed by atoms with van der Waals surface area (Å²) in [5.41, 5.74) is 0.405. The first-order chi connectivity index (χ1) is 11.3. The van der Waals surface area contributed by atoms with Crippen LogP contribution in [0, 0.1) is 0 Å². The van der Waals surface area contributed by atoms with Crippen molar-refractivity contribution in [3.8, 4) is 0 Å². The first-order valence-electron chi connectivity index (χ1n) is 7.34. The summed E-state index contributed by atoms with van der Waals surface area (Å²) in [4.78, 5) is 23.9. The lowest BCUT2D eigenvalue weighted by atomic mass is 10.0. The van der Waals surface area contributed by atoms with Crippen LogP contribution in [0.15, 0.2) is 40.9 Å². The lowest BCUT2D eigenvalue weighted by Crippen LogP contribution is -2.33. The number of hydrogen-bond acceptors (Lipinski definition) is 4. The molecule has 0 aliphatic carbocycles. The van der Waals surface area contributed by atoms with Gasteiger partial charge in [-0.3, -0.25) is 14.9 Å². The zero-order chi connectivity index (χ0) is 17.3. The third-order valence-corrected chi connectivity index (χ3v) is 4.36. The molecule has 4 nitrogen and oxygen atoms in total. The van der Waals surface area contributed by atoms with Gasteiger partial charge in [0.1, 0.15) is 6.04 Å². The Morgan fingerprint density at radius 1 is 1.21 bits per heavy atom. The number of rotatable bonds is 4. The third-order valence-electron chi connectivity index (χ3n) is 3.86. The quantitative estimate of drug-likeness (QED) is 0.634. The molecule has 7 heteroatoms. The number of Topliss-reactive ketones (excluding diaryl/α,β-unsaturated/α-hetero) is 1. The van der Waals surface area contributed by atoms with Gasteiger partial charge in [0.25, 0.3) is 5.92 Å². The summed E-state index contributed by atoms with van der Waals surface area (Å²) in [7, 11) is 0. The minimum absolute atomic E-state index is 0.377. The molecule has 0 amide bonds. The van der Waals surface area contributed by atoms with Gasteiger partial charge in [0.05, 0.1) is 6.54 Å². The number of nitrogens with one attached hydrogen (secondary N) is 1. The Hall–Kier alpha value is -1.86. The van der Waals surface area contributed by atoms with Gasteiger partial charge in [-0.05, 0) is 29.0 Å². The molecule has 126 valence electrons. The summed E-state index contributed by atoms with van der Waals surface area (Å²) in [6.45, 7) is -1.02. The molecule has 0 radical (unpaired) electrons. The fraction of sp³-hybridized carbons (Fsp3) is 0.294. The van der Waals surface area contributed by atoms with E-state index in [4.69, 9.17) is 4.74 Å². The van der Waals surface area contributed by atoms with Gasteiger partial charge < -0.3 is 4.74 Å². The standard InChI is InChI=1S/C17H14BrF2NO3/c18-13-4-3-10-5-12(2-1-11(10)6-13)15(22)8-24-16(23)14-7-17(19,20)9-21-14/h1-6,14,21H,7-9H2/t14-/m0/s1. The van der Waals surface area contributed by atoms with E-state index in [-0.39, 0.29) is 5.78 Å². The number of fused-ring (bicyclic) bond motifs is 1. The number of ketones is 1. The molecular weight excluding hydrogens is 384 g/mol. The maximum absolute atomic E-state index is 13.1. The number of carbonyl (C=O) groups excluding carboxylic acids is 2. The van der Waals surface area contributed by atoms with Crippen molar-refractivity contribution in [3.05, 3.63) is 46.4 Å². The number of ether oxygens (including phenoxy) is 1. The van der Waals surface area contributed by atoms with Gasteiger partial charge in [0.2, 0.25) is 0 Å². The number of alkyl halides is 2. The minimum atomic E-state index is -2.92. The molecule has 1 atom stereocenters. The average molecular weight is 398 g/mol. The molecule has 0 unspecified atom stereocenters. The van der Waals surface area contributed by atoms with Crippen molar-refractivity contribution in [1.82, 2.24) is 5.32 Å². The smallest absolute Gasteiger partial charge is 0.323 e. The van der Waals surface area contributed by atoms with Gasteiger partial charge in [0, 0.05) is 16.5 Å². The average Bonchev–Trinajstić information content (AvgIpc) is 2.91. The van der Waals surface area contributed by atoms with E-state index >= 15 is 0 Å². The van der Waals surface area contributed by atoms with Crippen LogP contribution in [-0.4, -0.2) is 36.9 Å². The zero-order valence-corrected chi connectivity index (χ0v) is 14.1. The van der Waals surface area contributed by atoms with Crippen LogP contribution in [0.4, 0.5) is 8.78 Å². The first kappa shape index (κ1) is 17.0. The third kappa shape index (κ3) is 3.79. The van der Waals surface area contributed by atoms with E-state index < -0.39 is 37.5 Å². The lowest BCUT2D eigenvalue weighted by molar-refractivity contribution is -0.145. The molecular formula is C17H14BrF2NO3. The van der Waals surface area contributed by atoms with Crippen molar-refractivity contribution in [2.75, 3.05) is 13.2 Å². The molecule has 0 bridgehead atoms. The van der Waals surface area contributed by atoms with Crippen molar-refractivity contribution in [2.24, 2.45) is 0 Å². The molecule has 1 N–H and O–H groups in total. The second kappa shape index (κ2) is 6.57. The van der Waals surface area contributed by atoms with Crippen molar-refractivity contribution in [1.29, 1.82) is 0 Å². The Bertz CT molecular complexity index is 810. The molecule has 1 heterocycles. The van der Waals surface area contributed by atoms with E-state index in [1.165, 1.54) is 0 Å². The van der Waals surface area contributed by atoms with E-state index in [2.05, 4.69) is 21.2 Å². The Balaban J connectivity index is 1.63. The van der Waals surface area contributed by atoms with E-state index in [0.717, 1.165) is 15.2 Å². The largest absolute Gasteiger partial charge is 0.456 e. The van der Waals surface area contributed by atoms with Gasteiger partial charge in [-0.25, -0.2) is 8.78 Å². The van der Waals surface area contributed by atoms with E-state index in [9.17, 15) is 18.4 Å². The highest BCUT2D eigenvalue weighted by molar-refractivity contribution is 9.10. The lowest BCUT2D eigenvalue weighted by Gasteiger charge is -2.10. The molecule has 2 aromatic rings. The summed E-state index contributed by atoms with van der Waals surface area (Å²) in [6, 6.07) is 9.74. The van der Waals surface area contributed by atoms with Crippen LogP contribution in [0.2, 0.25) is 0 Å². The number of benzene rings is 2. The Morgan fingerprint density at radius 2 is 1.92 bits per heavy atom. The first-order valence-corrected chi connectivity index (χ1v) is 8.14. The number of carbonyl (C=O) groups is 2. The van der Waals surface area contributed by atoms with Gasteiger partial charge in [-0.1, -0.05) is 34.1 Å². The fourth-order valence-electron chi connectivity index (χ4n) is 2.59. The van der Waals surface area contributed by atoms with Crippen molar-refractivity contribution in [2.45, 2.75) is 18.4 Å². The Kier molecular flexibility index (Phi) is 4.64. The monoisotopic (exact) mass is 397 g/mol. The van der Waals surface area contributed by atoms with Crippen LogP contribution in [0.5, 0.6) is 0 Å². The SMILES string of the molecule is O=C(COC(=O)[C@@H]1CC(F)(F)CN1)c1ccc2cc(Br)ccc2c1. The molecule has 1 fully saturated rings. The molecule has 2 aromatic carbocycles. The molecule has 0 aromatic heterocycles. The number of halogens is 3. The minimum Gasteiger partial charge on any atom is -0.456 e. The molecule has 0 saturated carbocycles. The Morgan fingerprint density at radius 3 is 2.62 bits per heavy atom. The molecule has 0 spiro atoms. The van der Waals surface area contributed by atoms with Crippen molar-refractivity contribution < 1.29 is 23.1 Å². The van der Waals surface area contributed by atoms with E-state index in [0.29, 0.717) is 5.56 Å². The van der Waals surface area contributed by atoms with Crippen LogP contribution in [0.3, 0.4) is 0 Å². The number of esters is 1. The molecule has 1 saturated heterocycles. The van der Waals surface area contributed by atoms with Gasteiger partial charge in [-0.15, -0.1) is 0 Å². The molecule has 24 heavy (non-hydrogen) atoms. The Labute approximate surface area is 145 Å². The van der Waals surface area contributed by atoms with Crippen molar-refractivity contribution >= 4 is 38.5 Å². The number of hydrogen-bond donors (Lipinski definition) is 1. The normalized spacial score (nSPS) is 19.4. The molecule has 1 aliphatic heterocycles. The van der Waals surface area contributed by atoms with Gasteiger partial charge >= 0.3 is 5.97 Å². The van der Waals surface area contributed by atoms with Crippen LogP contribution in [0.1, 0.15) is 16.8 Å². The van der Waals surface area contributed by atoms with Crippen LogP contribution in [0.25, 0.3) is 10.8 Å². The second-order valence-corrected chi connectivity index (χ2v) is 6.65. The molecule has 3 rings (SSSR count). The van der Waals surface area contributed by atoms with Crippen LogP contribution >= 0.6 is 15.9 Å². The fourth-order valence-corrected chi connectivity index (χ4v) is 2.97. The summed E-state index contributed by atoms with van der Waals surface area (Å²) >= 11 is 3.38. The van der Waals surface area contributed by atoms with E-state index in [1.807, 2.05) is 18.2 Å². The summed E-state index contributed by atoms with van der Waals surface area (Å²) < 4.78 is 31.9. The highest BCUT2D eigenvalue weighted by atomic mass is 79.9. The predicted molar refractivity (Wildman–Crippen MR) is 88.3 cm³/mol. The van der Waals surface area contributed by atoms with Crippen molar-refractivity contribution in [3.63, 3.8) is 0 Å². The summed E-state index contributed by atoms with van der Waals surface area (Å²) in [6.07, 6.45) is -0.606. The maximum atomic E-state index is 13.1. The van der Waals surface area contributed by atoms with Gasteiger partial charge in [-0.2, -0.15) is 0 Å². The topological polar surface area (TPSA) is 55.4 Å². The summed E-state index contributed by atoms with van der Waals surface area (Å²) in [5, 5.41) is 4.25. The highest BCUT2D eigenvalue weighted by Gasteiger charge is 2.43. The molecule has 1 aliphatic rings. The predicted octanol–water partition coefficient (Wildman–Crippen LogP) is 3.33. The van der Waals surface area contributed by atoms with Crippen LogP contribution < -0.4 is 5.32 Å². The highest BCUT2D eigenvalue weighted by Crippen LogP contribution is 2.25. The van der Waals surface area contributed by atoms with Crippen LogP contribution in [-0.2, 0) is 9.53 Å². The maximum Gasteiger partial charge on any atom is 0.323 e. The zero-order valence-electron chi connectivity index (χ0n) is 12.5. The van der Waals surface area contributed by atoms with Gasteiger partial charge in [0.15, 0.2) is 12.4 Å². The van der Waals surface area contributed by atoms with E-state index in [1.54, 1.807) is 18.2 Å².